The van der Waals surface area contributed by atoms with Gasteiger partial charge in [0.15, 0.2) is 0 Å². The Kier molecular flexibility index (Phi) is 9.89. The summed E-state index contributed by atoms with van der Waals surface area (Å²) < 4.78 is 14.7. The fraction of sp³-hybridized carbons (Fsp3) is 0.889. The highest BCUT2D eigenvalue weighted by Crippen LogP contribution is 2.49. The summed E-state index contributed by atoms with van der Waals surface area (Å²) in [5.74, 6) is 0.192. The van der Waals surface area contributed by atoms with Crippen LogP contribution < -0.4 is 0 Å². The summed E-state index contributed by atoms with van der Waals surface area (Å²) in [5, 5.41) is 8.80. The Morgan fingerprint density at radius 2 is 1.96 bits per heavy atom. The van der Waals surface area contributed by atoms with Gasteiger partial charge in [0.25, 0.3) is 8.53 Å². The molecule has 3 atom stereocenters. The summed E-state index contributed by atoms with van der Waals surface area (Å²) in [7, 11) is -1.26. The van der Waals surface area contributed by atoms with Crippen molar-refractivity contribution in [1.29, 1.82) is 5.26 Å². The van der Waals surface area contributed by atoms with Crippen molar-refractivity contribution in [2.24, 2.45) is 0 Å². The number of likely N-dealkylation sites (tertiary alicyclic amines) is 1. The van der Waals surface area contributed by atoms with E-state index in [1.807, 2.05) is 11.8 Å². The van der Waals surface area contributed by atoms with E-state index in [4.69, 9.17) is 14.3 Å². The molecule has 1 saturated heterocycles. The van der Waals surface area contributed by atoms with Crippen LogP contribution in [0.15, 0.2) is 0 Å². The molecule has 144 valence electrons. The Balaban J connectivity index is 2.88. The van der Waals surface area contributed by atoms with Gasteiger partial charge in [-0.15, -0.1) is 0 Å². The van der Waals surface area contributed by atoms with Crippen molar-refractivity contribution in [2.45, 2.75) is 91.5 Å². The summed E-state index contributed by atoms with van der Waals surface area (Å²) in [5.41, 5.74) is 0. The molecule has 0 saturated carbocycles. The van der Waals surface area contributed by atoms with Crippen LogP contribution in [0.3, 0.4) is 0 Å². The first-order chi connectivity index (χ1) is 11.9. The zero-order valence-corrected chi connectivity index (χ0v) is 17.5. The topological polar surface area (TPSA) is 65.8 Å². The SMILES string of the molecule is CCC(=O)N1CC[C@@H](OP(OCCC#N)N(C(C)C)C(C)C)[C@@H]1CC. The van der Waals surface area contributed by atoms with Gasteiger partial charge in [-0.1, -0.05) is 13.8 Å². The van der Waals surface area contributed by atoms with Crippen LogP contribution in [0.25, 0.3) is 0 Å². The van der Waals surface area contributed by atoms with E-state index in [-0.39, 0.29) is 30.1 Å². The maximum Gasteiger partial charge on any atom is 0.259 e. The molecule has 0 radical (unpaired) electrons. The molecule has 0 aromatic rings. The Labute approximate surface area is 154 Å². The van der Waals surface area contributed by atoms with Gasteiger partial charge in [-0.25, -0.2) is 4.67 Å². The maximum atomic E-state index is 12.2. The lowest BCUT2D eigenvalue weighted by molar-refractivity contribution is -0.132. The van der Waals surface area contributed by atoms with E-state index in [9.17, 15) is 4.79 Å². The second-order valence-electron chi connectivity index (χ2n) is 6.90. The van der Waals surface area contributed by atoms with E-state index in [2.05, 4.69) is 45.4 Å². The molecule has 1 heterocycles. The lowest BCUT2D eigenvalue weighted by Gasteiger charge is -2.38. The number of carbonyl (C=O) groups excluding carboxylic acids is 1. The zero-order chi connectivity index (χ0) is 19.0. The number of rotatable bonds is 10. The molecule has 0 aliphatic carbocycles. The van der Waals surface area contributed by atoms with Crippen molar-refractivity contribution < 1.29 is 13.8 Å². The van der Waals surface area contributed by atoms with Crippen LogP contribution in [0.1, 0.15) is 67.2 Å². The number of nitrogens with zero attached hydrogens (tertiary/aromatic N) is 3. The van der Waals surface area contributed by atoms with Gasteiger partial charge in [-0.05, 0) is 40.5 Å². The van der Waals surface area contributed by atoms with E-state index in [0.29, 0.717) is 19.4 Å². The Bertz CT molecular complexity index is 445. The van der Waals surface area contributed by atoms with Crippen molar-refractivity contribution in [3.63, 3.8) is 0 Å². The summed E-state index contributed by atoms with van der Waals surface area (Å²) in [6.45, 7) is 13.6. The van der Waals surface area contributed by atoms with Crippen molar-refractivity contribution in [3.05, 3.63) is 0 Å². The standard InChI is InChI=1S/C18H34N3O3P/c1-7-16-17(10-12-20(16)18(22)8-2)24-25(23-13-9-11-19)21(14(3)4)15(5)6/h14-17H,7-10,12-13H2,1-6H3/t16-,17+,25?/m0/s1. The van der Waals surface area contributed by atoms with Crippen LogP contribution in [-0.2, 0) is 13.8 Å². The van der Waals surface area contributed by atoms with Crippen LogP contribution in [0.5, 0.6) is 0 Å². The van der Waals surface area contributed by atoms with Crippen LogP contribution in [0, 0.1) is 11.3 Å². The second kappa shape index (κ2) is 11.1. The van der Waals surface area contributed by atoms with E-state index in [1.165, 1.54) is 0 Å². The minimum atomic E-state index is -1.26. The number of carbonyl (C=O) groups is 1. The molecule has 1 aliphatic heterocycles. The van der Waals surface area contributed by atoms with Gasteiger partial charge in [-0.2, -0.15) is 5.26 Å². The average Bonchev–Trinajstić information content (AvgIpc) is 2.96. The smallest absolute Gasteiger partial charge is 0.259 e. The first kappa shape index (κ1) is 22.3. The van der Waals surface area contributed by atoms with Crippen LogP contribution in [-0.4, -0.2) is 52.9 Å². The first-order valence-corrected chi connectivity index (χ1v) is 10.5. The summed E-state index contributed by atoms with van der Waals surface area (Å²) in [4.78, 5) is 14.1. The molecule has 25 heavy (non-hydrogen) atoms. The van der Waals surface area contributed by atoms with Gasteiger partial charge in [0.2, 0.25) is 5.91 Å². The molecule has 0 N–H and O–H groups in total. The van der Waals surface area contributed by atoms with E-state index < -0.39 is 8.53 Å². The number of amides is 1. The molecule has 0 aromatic carbocycles. The molecule has 1 amide bonds. The maximum absolute atomic E-state index is 12.2. The van der Waals surface area contributed by atoms with Gasteiger partial charge >= 0.3 is 0 Å². The second-order valence-corrected chi connectivity index (χ2v) is 8.30. The van der Waals surface area contributed by atoms with Crippen LogP contribution in [0.4, 0.5) is 0 Å². The van der Waals surface area contributed by atoms with Crippen molar-refractivity contribution in [2.75, 3.05) is 13.2 Å². The largest absolute Gasteiger partial charge is 0.337 e. The normalized spacial score (nSPS) is 22.0. The van der Waals surface area contributed by atoms with Crippen LogP contribution >= 0.6 is 8.53 Å². The lowest BCUT2D eigenvalue weighted by Crippen LogP contribution is -2.40. The predicted molar refractivity (Wildman–Crippen MR) is 101 cm³/mol. The number of hydrogen-bond donors (Lipinski definition) is 0. The minimum Gasteiger partial charge on any atom is -0.337 e. The monoisotopic (exact) mass is 371 g/mol. The third-order valence-corrected chi connectivity index (χ3v) is 6.57. The van der Waals surface area contributed by atoms with Gasteiger partial charge < -0.3 is 13.9 Å². The van der Waals surface area contributed by atoms with E-state index >= 15 is 0 Å². The number of nitriles is 1. The lowest BCUT2D eigenvalue weighted by atomic mass is 10.1. The molecular formula is C18H34N3O3P. The van der Waals surface area contributed by atoms with Gasteiger partial charge in [0.1, 0.15) is 0 Å². The third kappa shape index (κ3) is 6.18. The van der Waals surface area contributed by atoms with Crippen molar-refractivity contribution in [3.8, 4) is 6.07 Å². The molecule has 1 fully saturated rings. The molecule has 0 aromatic heterocycles. The molecule has 0 spiro atoms. The quantitative estimate of drug-likeness (QED) is 0.428. The van der Waals surface area contributed by atoms with E-state index in [0.717, 1.165) is 19.4 Å². The fourth-order valence-electron chi connectivity index (χ4n) is 3.35. The molecule has 1 unspecified atom stereocenters. The van der Waals surface area contributed by atoms with Gasteiger partial charge in [0.05, 0.1) is 31.2 Å². The molecule has 1 rings (SSSR count). The highest BCUT2D eigenvalue weighted by molar-refractivity contribution is 7.44. The third-order valence-electron chi connectivity index (χ3n) is 4.41. The first-order valence-electron chi connectivity index (χ1n) is 9.41. The zero-order valence-electron chi connectivity index (χ0n) is 16.6. The highest BCUT2D eigenvalue weighted by atomic mass is 31.2. The summed E-state index contributed by atoms with van der Waals surface area (Å²) in [6.07, 6.45) is 2.60. The molecule has 7 heteroatoms. The number of hydrogen-bond acceptors (Lipinski definition) is 5. The molecular weight excluding hydrogens is 337 g/mol. The molecule has 0 bridgehead atoms. The molecule has 1 aliphatic rings. The highest BCUT2D eigenvalue weighted by Gasteiger charge is 2.39. The predicted octanol–water partition coefficient (Wildman–Crippen LogP) is 4.07. The fourth-order valence-corrected chi connectivity index (χ4v) is 5.14. The van der Waals surface area contributed by atoms with Crippen LogP contribution in [0.2, 0.25) is 0 Å². The van der Waals surface area contributed by atoms with Crippen molar-refractivity contribution >= 4 is 14.4 Å². The van der Waals surface area contributed by atoms with E-state index in [1.54, 1.807) is 0 Å². The average molecular weight is 371 g/mol. The summed E-state index contributed by atoms with van der Waals surface area (Å²) in [6, 6.07) is 2.79. The van der Waals surface area contributed by atoms with Gasteiger partial charge in [0, 0.05) is 25.0 Å². The Morgan fingerprint density at radius 3 is 2.44 bits per heavy atom. The van der Waals surface area contributed by atoms with Gasteiger partial charge in [-0.3, -0.25) is 4.79 Å². The Morgan fingerprint density at radius 1 is 1.32 bits per heavy atom. The van der Waals surface area contributed by atoms with Crippen molar-refractivity contribution in [1.82, 2.24) is 9.57 Å². The Hall–Kier alpha value is -0.730. The summed E-state index contributed by atoms with van der Waals surface area (Å²) >= 11 is 0. The molecule has 6 nitrogen and oxygen atoms in total. The minimum absolute atomic E-state index is 0.00584.